The molecule has 2 nitrogen and oxygen atoms in total. The van der Waals surface area contributed by atoms with Gasteiger partial charge in [0.25, 0.3) is 0 Å². The Labute approximate surface area is 49.4 Å². The van der Waals surface area contributed by atoms with Gasteiger partial charge in [-0.05, 0) is 12.8 Å². The molecule has 0 aromatic carbocycles. The van der Waals surface area contributed by atoms with E-state index in [0.717, 1.165) is 19.4 Å². The zero-order valence-corrected chi connectivity index (χ0v) is 4.78. The lowest BCUT2D eigenvalue weighted by Crippen LogP contribution is -2.16. The van der Waals surface area contributed by atoms with Crippen LogP contribution in [0.1, 0.15) is 12.8 Å². The van der Waals surface area contributed by atoms with E-state index >= 15 is 0 Å². The number of rotatable bonds is 0. The summed E-state index contributed by atoms with van der Waals surface area (Å²) < 4.78 is 0. The summed E-state index contributed by atoms with van der Waals surface area (Å²) in [6.45, 7) is 0.987. The van der Waals surface area contributed by atoms with Crippen LogP contribution in [0.2, 0.25) is 0 Å². The zero-order valence-electron chi connectivity index (χ0n) is 4.78. The fraction of sp³-hybridized carbons (Fsp3) is 0.667. The van der Waals surface area contributed by atoms with E-state index in [1.54, 1.807) is 0 Å². The molecule has 0 amide bonds. The number of hydrogen-bond donors (Lipinski definition) is 2. The Morgan fingerprint density at radius 2 is 2.50 bits per heavy atom. The van der Waals surface area contributed by atoms with E-state index < -0.39 is 0 Å². The molecule has 1 rings (SSSR count). The first-order valence-corrected chi connectivity index (χ1v) is 2.88. The largest absolute Gasteiger partial charge is 0.346 e. The molecule has 0 bridgehead atoms. The zero-order chi connectivity index (χ0) is 5.82. The Bertz CT molecular complexity index is 120. The van der Waals surface area contributed by atoms with E-state index in [4.69, 9.17) is 5.73 Å². The molecule has 1 heterocycles. The maximum absolute atomic E-state index is 5.52. The van der Waals surface area contributed by atoms with Gasteiger partial charge in [0, 0.05) is 12.6 Å². The van der Waals surface area contributed by atoms with Gasteiger partial charge in [0.05, 0.1) is 6.04 Å². The van der Waals surface area contributed by atoms with Crippen LogP contribution >= 0.6 is 0 Å². The van der Waals surface area contributed by atoms with Gasteiger partial charge in [-0.2, -0.15) is 0 Å². The summed E-state index contributed by atoms with van der Waals surface area (Å²) in [7, 11) is 0. The lowest BCUT2D eigenvalue weighted by Gasteiger charge is -1.96. The third-order valence-electron chi connectivity index (χ3n) is 1.16. The molecule has 0 saturated heterocycles. The Hall–Kier alpha value is -0.680. The maximum atomic E-state index is 5.52. The van der Waals surface area contributed by atoms with Gasteiger partial charge in [-0.15, -0.1) is 0 Å². The van der Waals surface area contributed by atoms with Gasteiger partial charge in [0.15, 0.2) is 0 Å². The Kier molecular flexibility index (Phi) is 1.76. The molecule has 0 aromatic rings. The van der Waals surface area contributed by atoms with Crippen LogP contribution in [0, 0.1) is 12.0 Å². The fourth-order valence-corrected chi connectivity index (χ4v) is 0.689. The second-order valence-corrected chi connectivity index (χ2v) is 1.94. The number of nitrogens with two attached hydrogens (primary N) is 1. The van der Waals surface area contributed by atoms with Gasteiger partial charge in [-0.1, -0.05) is 5.92 Å². The maximum Gasteiger partial charge on any atom is 0.0683 e. The molecule has 0 radical (unpaired) electrons. The van der Waals surface area contributed by atoms with Crippen molar-refractivity contribution in [3.63, 3.8) is 0 Å². The lowest BCUT2D eigenvalue weighted by atomic mass is 10.2. The molecular formula is C6H10N2. The number of nitrogens with one attached hydrogen (secondary N) is 1. The number of hydrogen-bond acceptors (Lipinski definition) is 2. The van der Waals surface area contributed by atoms with Crippen LogP contribution in [0.3, 0.4) is 0 Å². The van der Waals surface area contributed by atoms with Crippen LogP contribution in [0.25, 0.3) is 0 Å². The fourth-order valence-electron chi connectivity index (χ4n) is 0.689. The normalized spacial score (nSPS) is 26.9. The smallest absolute Gasteiger partial charge is 0.0683 e. The van der Waals surface area contributed by atoms with Crippen LogP contribution in [-0.4, -0.2) is 12.6 Å². The van der Waals surface area contributed by atoms with E-state index in [2.05, 4.69) is 17.3 Å². The summed E-state index contributed by atoms with van der Waals surface area (Å²) in [5.74, 6) is 2.86. The highest BCUT2D eigenvalue weighted by atomic mass is 14.8. The third kappa shape index (κ3) is 1.43. The highest BCUT2D eigenvalue weighted by molar-refractivity contribution is 5.06. The predicted molar refractivity (Wildman–Crippen MR) is 33.0 cm³/mol. The van der Waals surface area contributed by atoms with Gasteiger partial charge >= 0.3 is 0 Å². The molecule has 3 N–H and O–H groups in total. The molecule has 2 heteroatoms. The molecule has 0 aliphatic carbocycles. The van der Waals surface area contributed by atoms with Gasteiger partial charge in [-0.25, -0.2) is 0 Å². The van der Waals surface area contributed by atoms with Crippen LogP contribution < -0.4 is 11.1 Å². The Balaban J connectivity index is 2.39. The van der Waals surface area contributed by atoms with Crippen LogP contribution in [0.15, 0.2) is 0 Å². The topological polar surface area (TPSA) is 38.0 Å². The average Bonchev–Trinajstić information content (AvgIpc) is 1.94. The standard InChI is InChI=1S/C6H10N2/c7-6-2-1-4-8-5-3-6/h6,8H,1-2,4,7H2. The first-order chi connectivity index (χ1) is 3.89. The van der Waals surface area contributed by atoms with Crippen molar-refractivity contribution in [3.05, 3.63) is 0 Å². The summed E-state index contributed by atoms with van der Waals surface area (Å²) in [6, 6.07) is 2.87. The van der Waals surface area contributed by atoms with Gasteiger partial charge in [0.2, 0.25) is 0 Å². The van der Waals surface area contributed by atoms with E-state index in [1.165, 1.54) is 0 Å². The van der Waals surface area contributed by atoms with Crippen molar-refractivity contribution in [2.24, 2.45) is 5.73 Å². The average molecular weight is 110 g/mol. The van der Waals surface area contributed by atoms with Crippen molar-refractivity contribution in [2.75, 3.05) is 6.54 Å². The predicted octanol–water partition coefficient (Wildman–Crippen LogP) is -0.342. The molecule has 1 aliphatic rings. The summed E-state index contributed by atoms with van der Waals surface area (Å²) in [6.07, 6.45) is 2.15. The van der Waals surface area contributed by atoms with E-state index in [1.807, 2.05) is 0 Å². The minimum Gasteiger partial charge on any atom is -0.346 e. The van der Waals surface area contributed by atoms with E-state index in [-0.39, 0.29) is 6.04 Å². The van der Waals surface area contributed by atoms with Crippen molar-refractivity contribution < 1.29 is 0 Å². The van der Waals surface area contributed by atoms with Crippen molar-refractivity contribution in [1.29, 1.82) is 0 Å². The lowest BCUT2D eigenvalue weighted by molar-refractivity contribution is 0.676. The molecule has 1 unspecified atom stereocenters. The molecule has 8 heavy (non-hydrogen) atoms. The van der Waals surface area contributed by atoms with Gasteiger partial charge in [0.1, 0.15) is 0 Å². The van der Waals surface area contributed by atoms with Crippen molar-refractivity contribution in [3.8, 4) is 12.0 Å². The van der Waals surface area contributed by atoms with Gasteiger partial charge in [-0.3, -0.25) is 0 Å². The quantitative estimate of drug-likeness (QED) is 0.419. The summed E-state index contributed by atoms with van der Waals surface area (Å²) in [5.41, 5.74) is 5.52. The second kappa shape index (κ2) is 2.58. The minimum atomic E-state index is 0.102. The van der Waals surface area contributed by atoms with E-state index in [9.17, 15) is 0 Å². The SMILES string of the molecule is NC1C#CNCCC1. The first kappa shape index (κ1) is 5.46. The molecule has 1 atom stereocenters. The second-order valence-electron chi connectivity index (χ2n) is 1.94. The molecule has 1 aliphatic heterocycles. The van der Waals surface area contributed by atoms with Gasteiger partial charge < -0.3 is 11.1 Å². The molecule has 0 saturated carbocycles. The molecule has 44 valence electrons. The van der Waals surface area contributed by atoms with Crippen LogP contribution in [0.5, 0.6) is 0 Å². The van der Waals surface area contributed by atoms with Crippen molar-refractivity contribution in [1.82, 2.24) is 5.32 Å². The van der Waals surface area contributed by atoms with Crippen LogP contribution in [0.4, 0.5) is 0 Å². The highest BCUT2D eigenvalue weighted by Gasteiger charge is 1.98. The third-order valence-corrected chi connectivity index (χ3v) is 1.16. The molecule has 0 aromatic heterocycles. The summed E-state index contributed by atoms with van der Waals surface area (Å²) in [5, 5.41) is 2.94. The molecule has 0 fully saturated rings. The first-order valence-electron chi connectivity index (χ1n) is 2.88. The van der Waals surface area contributed by atoms with E-state index in [0.29, 0.717) is 0 Å². The summed E-state index contributed by atoms with van der Waals surface area (Å²) in [4.78, 5) is 0. The molecule has 0 spiro atoms. The Morgan fingerprint density at radius 1 is 1.62 bits per heavy atom. The van der Waals surface area contributed by atoms with Crippen LogP contribution in [-0.2, 0) is 0 Å². The highest BCUT2D eigenvalue weighted by Crippen LogP contribution is 1.92. The van der Waals surface area contributed by atoms with Crippen molar-refractivity contribution >= 4 is 0 Å². The Morgan fingerprint density at radius 3 is 3.38 bits per heavy atom. The molecular weight excluding hydrogens is 100 g/mol. The minimum absolute atomic E-state index is 0.102. The monoisotopic (exact) mass is 110 g/mol. The summed E-state index contributed by atoms with van der Waals surface area (Å²) >= 11 is 0. The van der Waals surface area contributed by atoms with Crippen molar-refractivity contribution in [2.45, 2.75) is 18.9 Å².